The first-order chi connectivity index (χ1) is 10.7. The van der Waals surface area contributed by atoms with Gasteiger partial charge in [-0.1, -0.05) is 24.3 Å². The highest BCUT2D eigenvalue weighted by Crippen LogP contribution is 2.21. The third kappa shape index (κ3) is 6.38. The number of nitrogens with zero attached hydrogens (tertiary/aromatic N) is 1. The predicted molar refractivity (Wildman–Crippen MR) is 85.0 cm³/mol. The van der Waals surface area contributed by atoms with Gasteiger partial charge in [0.2, 0.25) is 0 Å². The van der Waals surface area contributed by atoms with Crippen LogP contribution in [0.1, 0.15) is 25.7 Å². The van der Waals surface area contributed by atoms with Crippen LogP contribution in [-0.2, 0) is 9.63 Å². The van der Waals surface area contributed by atoms with Crippen LogP contribution in [0.4, 0.5) is 0 Å². The molecule has 3 unspecified atom stereocenters. The number of hydrogen-bond acceptors (Lipinski definition) is 5. The second-order valence-corrected chi connectivity index (χ2v) is 5.75. The topological polar surface area (TPSA) is 133 Å². The van der Waals surface area contributed by atoms with Crippen molar-refractivity contribution in [2.75, 3.05) is 19.7 Å². The number of allylic oxidation sites excluding steroid dienone is 3. The summed E-state index contributed by atoms with van der Waals surface area (Å²) < 4.78 is 0. The summed E-state index contributed by atoms with van der Waals surface area (Å²) in [7, 11) is 0. The SMILES string of the molecule is O.O=C(O)CON1CCC([NH2+][O-])CCCNC1C1C=CC=CC1. The Morgan fingerprint density at radius 3 is 2.91 bits per heavy atom. The van der Waals surface area contributed by atoms with Gasteiger partial charge in [-0.15, -0.1) is 0 Å². The lowest BCUT2D eigenvalue weighted by Gasteiger charge is -2.35. The summed E-state index contributed by atoms with van der Waals surface area (Å²) >= 11 is 0. The number of nitrogens with one attached hydrogen (secondary N) is 1. The standard InChI is InChI=1S/C15H25N3O4.H2O/c19-14(20)11-22-18-10-8-13(17-21)7-4-9-16-15(18)12-5-2-1-3-6-12;/h1-3,5,12-13,15-16H,4,6-11,17H2,(H,19,20);1H2. The molecule has 6 N–H and O–H groups in total. The van der Waals surface area contributed by atoms with E-state index in [2.05, 4.69) is 17.5 Å². The Hall–Kier alpha value is -1.29. The van der Waals surface area contributed by atoms with E-state index in [9.17, 15) is 10.0 Å². The van der Waals surface area contributed by atoms with Crippen LogP contribution >= 0.6 is 0 Å². The number of nitrogens with two attached hydrogens (primary N) is 1. The van der Waals surface area contributed by atoms with Crippen molar-refractivity contribution >= 4 is 5.97 Å². The lowest BCUT2D eigenvalue weighted by molar-refractivity contribution is -0.629. The predicted octanol–water partition coefficient (Wildman–Crippen LogP) is -0.858. The Balaban J connectivity index is 0.00000264. The fourth-order valence-electron chi connectivity index (χ4n) is 2.91. The van der Waals surface area contributed by atoms with Crippen molar-refractivity contribution in [2.24, 2.45) is 5.92 Å². The molecule has 0 aromatic rings. The van der Waals surface area contributed by atoms with Crippen molar-refractivity contribution in [1.82, 2.24) is 10.4 Å². The molecule has 0 aromatic carbocycles. The summed E-state index contributed by atoms with van der Waals surface area (Å²) in [6, 6.07) is 0.0123. The van der Waals surface area contributed by atoms with E-state index >= 15 is 0 Å². The second-order valence-electron chi connectivity index (χ2n) is 5.75. The van der Waals surface area contributed by atoms with E-state index in [4.69, 9.17) is 9.94 Å². The second kappa shape index (κ2) is 10.5. The fourth-order valence-corrected chi connectivity index (χ4v) is 2.91. The van der Waals surface area contributed by atoms with Crippen LogP contribution in [0.5, 0.6) is 0 Å². The van der Waals surface area contributed by atoms with Crippen molar-refractivity contribution in [3.63, 3.8) is 0 Å². The maximum absolute atomic E-state index is 11.1. The van der Waals surface area contributed by atoms with Crippen LogP contribution in [0.2, 0.25) is 0 Å². The maximum atomic E-state index is 11.1. The van der Waals surface area contributed by atoms with Gasteiger partial charge in [0.25, 0.3) is 0 Å². The van der Waals surface area contributed by atoms with E-state index in [0.29, 0.717) is 13.0 Å². The molecule has 1 aliphatic carbocycles. The Morgan fingerprint density at radius 2 is 2.26 bits per heavy atom. The van der Waals surface area contributed by atoms with E-state index < -0.39 is 5.97 Å². The van der Waals surface area contributed by atoms with Crippen molar-refractivity contribution in [1.29, 1.82) is 0 Å². The normalized spacial score (nSPS) is 29.2. The van der Waals surface area contributed by atoms with Crippen molar-refractivity contribution in [3.05, 3.63) is 29.5 Å². The molecule has 23 heavy (non-hydrogen) atoms. The molecule has 1 saturated heterocycles. The summed E-state index contributed by atoms with van der Waals surface area (Å²) in [5.41, 5.74) is 0.999. The number of hydrogen-bond donors (Lipinski definition) is 3. The monoisotopic (exact) mass is 329 g/mol. The van der Waals surface area contributed by atoms with E-state index in [1.807, 2.05) is 12.2 Å². The average molecular weight is 329 g/mol. The molecule has 2 rings (SSSR count). The van der Waals surface area contributed by atoms with Gasteiger partial charge in [-0.05, 0) is 19.4 Å². The Kier molecular flexibility index (Phi) is 9.00. The zero-order chi connectivity index (χ0) is 15.8. The average Bonchev–Trinajstić information content (AvgIpc) is 2.63. The molecular weight excluding hydrogens is 302 g/mol. The fraction of sp³-hybridized carbons (Fsp3) is 0.667. The largest absolute Gasteiger partial charge is 0.636 e. The van der Waals surface area contributed by atoms with Gasteiger partial charge in [0.15, 0.2) is 6.61 Å². The molecule has 1 fully saturated rings. The van der Waals surface area contributed by atoms with Gasteiger partial charge in [0.1, 0.15) is 0 Å². The van der Waals surface area contributed by atoms with Crippen LogP contribution in [0.3, 0.4) is 0 Å². The first-order valence-corrected chi connectivity index (χ1v) is 7.84. The van der Waals surface area contributed by atoms with Crippen LogP contribution in [0.25, 0.3) is 0 Å². The first kappa shape index (κ1) is 19.8. The highest BCUT2D eigenvalue weighted by atomic mass is 16.7. The quantitative estimate of drug-likeness (QED) is 0.562. The zero-order valence-electron chi connectivity index (χ0n) is 13.2. The molecule has 0 amide bonds. The number of aliphatic carboxylic acids is 1. The number of carboxylic acid groups (broad SMARTS) is 1. The van der Waals surface area contributed by atoms with Gasteiger partial charge >= 0.3 is 5.97 Å². The van der Waals surface area contributed by atoms with Crippen LogP contribution in [-0.4, -0.2) is 53.5 Å². The van der Waals surface area contributed by atoms with Crippen LogP contribution in [0.15, 0.2) is 24.3 Å². The Labute approximate surface area is 136 Å². The summed E-state index contributed by atoms with van der Waals surface area (Å²) in [5.74, 6) is -0.767. The molecule has 8 nitrogen and oxygen atoms in total. The number of carbonyl (C=O) groups is 1. The molecule has 0 bridgehead atoms. The summed E-state index contributed by atoms with van der Waals surface area (Å²) in [6.07, 6.45) is 11.5. The summed E-state index contributed by atoms with van der Waals surface area (Å²) in [4.78, 5) is 16.3. The van der Waals surface area contributed by atoms with E-state index in [1.54, 1.807) is 5.06 Å². The molecular formula is C15H27N3O5. The van der Waals surface area contributed by atoms with Gasteiger partial charge in [-0.3, -0.25) is 10.2 Å². The van der Waals surface area contributed by atoms with Crippen molar-refractivity contribution < 1.29 is 25.7 Å². The molecule has 8 heteroatoms. The minimum Gasteiger partial charge on any atom is -0.636 e. The van der Waals surface area contributed by atoms with Crippen molar-refractivity contribution in [3.8, 4) is 0 Å². The molecule has 0 aromatic heterocycles. The zero-order valence-corrected chi connectivity index (χ0v) is 13.2. The van der Waals surface area contributed by atoms with Gasteiger partial charge < -0.3 is 21.3 Å². The molecule has 1 aliphatic heterocycles. The third-order valence-corrected chi connectivity index (χ3v) is 4.10. The first-order valence-electron chi connectivity index (χ1n) is 7.84. The van der Waals surface area contributed by atoms with Crippen molar-refractivity contribution in [2.45, 2.75) is 37.9 Å². The number of hydroxylamine groups is 3. The molecule has 0 saturated carbocycles. The molecule has 2 aliphatic rings. The smallest absolute Gasteiger partial charge is 0.331 e. The van der Waals surface area contributed by atoms with Gasteiger partial charge in [0.05, 0.1) is 12.2 Å². The number of carboxylic acids is 1. The molecule has 3 atom stereocenters. The van der Waals surface area contributed by atoms with E-state index in [0.717, 1.165) is 31.3 Å². The van der Waals surface area contributed by atoms with Gasteiger partial charge in [0, 0.05) is 25.3 Å². The highest BCUT2D eigenvalue weighted by Gasteiger charge is 2.29. The summed E-state index contributed by atoms with van der Waals surface area (Å²) in [6.45, 7) is 0.967. The van der Waals surface area contributed by atoms with Crippen LogP contribution in [0, 0.1) is 11.1 Å². The maximum Gasteiger partial charge on any atom is 0.331 e. The molecule has 0 radical (unpaired) electrons. The van der Waals surface area contributed by atoms with Gasteiger partial charge in [-0.25, -0.2) is 4.79 Å². The van der Waals surface area contributed by atoms with Crippen LogP contribution < -0.4 is 10.8 Å². The summed E-state index contributed by atoms with van der Waals surface area (Å²) in [5, 5.41) is 25.1. The lowest BCUT2D eigenvalue weighted by atomic mass is 9.97. The number of quaternary nitrogens is 1. The number of rotatable bonds is 5. The molecule has 0 spiro atoms. The Morgan fingerprint density at radius 1 is 1.43 bits per heavy atom. The minimum atomic E-state index is -0.996. The van der Waals surface area contributed by atoms with Gasteiger partial charge in [-0.2, -0.15) is 5.06 Å². The lowest BCUT2D eigenvalue weighted by Crippen LogP contribution is -2.84. The third-order valence-electron chi connectivity index (χ3n) is 4.10. The Bertz CT molecular complexity index is 416. The van der Waals surface area contributed by atoms with E-state index in [1.165, 1.54) is 0 Å². The molecule has 1 heterocycles. The molecule has 132 valence electrons. The highest BCUT2D eigenvalue weighted by molar-refractivity contribution is 5.67. The van der Waals surface area contributed by atoms with E-state index in [-0.39, 0.29) is 30.2 Å². The minimum absolute atomic E-state index is 0.